The number of halogens is 3. The summed E-state index contributed by atoms with van der Waals surface area (Å²) >= 11 is 0. The second-order valence-electron chi connectivity index (χ2n) is 5.03. The molecule has 0 aliphatic heterocycles. The third-order valence-corrected chi connectivity index (χ3v) is 3.21. The number of hydrogen-bond donors (Lipinski definition) is 1. The summed E-state index contributed by atoms with van der Waals surface area (Å²) in [7, 11) is 0. The van der Waals surface area contributed by atoms with Crippen molar-refractivity contribution in [3.63, 3.8) is 0 Å². The SMILES string of the molecule is O=C(CCOCC(F)(F)F)NC1CCCCCCC1. The molecule has 0 unspecified atom stereocenters. The van der Waals surface area contributed by atoms with Crippen LogP contribution in [-0.4, -0.2) is 31.3 Å². The lowest BCUT2D eigenvalue weighted by Crippen LogP contribution is -2.35. The molecule has 3 nitrogen and oxygen atoms in total. The van der Waals surface area contributed by atoms with Crippen LogP contribution in [0.2, 0.25) is 0 Å². The Bertz CT molecular complexity index is 261. The molecular formula is C13H22F3NO2. The minimum absolute atomic E-state index is 0.00736. The summed E-state index contributed by atoms with van der Waals surface area (Å²) < 4.78 is 39.8. The molecule has 1 amide bonds. The minimum Gasteiger partial charge on any atom is -0.372 e. The molecule has 1 fully saturated rings. The van der Waals surface area contributed by atoms with Gasteiger partial charge < -0.3 is 10.1 Å². The topological polar surface area (TPSA) is 38.3 Å². The van der Waals surface area contributed by atoms with Crippen molar-refractivity contribution in [3.8, 4) is 0 Å². The average Bonchev–Trinajstić information content (AvgIpc) is 2.27. The van der Waals surface area contributed by atoms with E-state index in [4.69, 9.17) is 0 Å². The first-order chi connectivity index (χ1) is 8.97. The van der Waals surface area contributed by atoms with E-state index in [9.17, 15) is 18.0 Å². The van der Waals surface area contributed by atoms with Gasteiger partial charge in [0.1, 0.15) is 6.61 Å². The van der Waals surface area contributed by atoms with Gasteiger partial charge in [-0.1, -0.05) is 32.1 Å². The summed E-state index contributed by atoms with van der Waals surface area (Å²) in [5, 5.41) is 2.88. The molecule has 0 heterocycles. The fraction of sp³-hybridized carbons (Fsp3) is 0.923. The van der Waals surface area contributed by atoms with E-state index in [0.717, 1.165) is 25.7 Å². The second-order valence-corrected chi connectivity index (χ2v) is 5.03. The molecule has 112 valence electrons. The molecule has 0 aromatic carbocycles. The summed E-state index contributed by atoms with van der Waals surface area (Å²) in [6.45, 7) is -1.47. The zero-order valence-corrected chi connectivity index (χ0v) is 11.1. The maximum atomic E-state index is 11.8. The molecule has 0 bridgehead atoms. The van der Waals surface area contributed by atoms with Crippen LogP contribution in [0.3, 0.4) is 0 Å². The quantitative estimate of drug-likeness (QED) is 0.786. The highest BCUT2D eigenvalue weighted by Gasteiger charge is 2.27. The molecule has 1 rings (SSSR count). The number of nitrogens with one attached hydrogen (secondary N) is 1. The monoisotopic (exact) mass is 281 g/mol. The van der Waals surface area contributed by atoms with Gasteiger partial charge in [0.25, 0.3) is 0 Å². The van der Waals surface area contributed by atoms with Crippen LogP contribution >= 0.6 is 0 Å². The highest BCUT2D eigenvalue weighted by Crippen LogP contribution is 2.17. The average molecular weight is 281 g/mol. The zero-order chi connectivity index (χ0) is 14.1. The van der Waals surface area contributed by atoms with E-state index >= 15 is 0 Å². The maximum Gasteiger partial charge on any atom is 0.411 e. The summed E-state index contributed by atoms with van der Waals surface area (Å²) in [5.41, 5.74) is 0. The van der Waals surface area contributed by atoms with Crippen molar-refractivity contribution in [1.29, 1.82) is 0 Å². The van der Waals surface area contributed by atoms with E-state index in [-0.39, 0.29) is 25.0 Å². The smallest absolute Gasteiger partial charge is 0.372 e. The van der Waals surface area contributed by atoms with Crippen LogP contribution in [0.25, 0.3) is 0 Å². The summed E-state index contributed by atoms with van der Waals surface area (Å²) in [4.78, 5) is 11.6. The lowest BCUT2D eigenvalue weighted by atomic mass is 9.96. The fourth-order valence-electron chi connectivity index (χ4n) is 2.25. The van der Waals surface area contributed by atoms with Gasteiger partial charge in [-0.3, -0.25) is 4.79 Å². The number of rotatable bonds is 5. The molecule has 0 radical (unpaired) electrons. The van der Waals surface area contributed by atoms with Gasteiger partial charge in [0, 0.05) is 12.5 Å². The van der Waals surface area contributed by atoms with Crippen LogP contribution in [0.5, 0.6) is 0 Å². The third-order valence-electron chi connectivity index (χ3n) is 3.21. The van der Waals surface area contributed by atoms with E-state index in [0.29, 0.717) is 0 Å². The lowest BCUT2D eigenvalue weighted by molar-refractivity contribution is -0.174. The molecule has 0 aromatic rings. The molecule has 0 atom stereocenters. The summed E-state index contributed by atoms with van der Waals surface area (Å²) in [6.07, 6.45) is 3.46. The van der Waals surface area contributed by atoms with Crippen molar-refractivity contribution in [3.05, 3.63) is 0 Å². The van der Waals surface area contributed by atoms with E-state index < -0.39 is 12.8 Å². The Labute approximate surface area is 111 Å². The van der Waals surface area contributed by atoms with Crippen molar-refractivity contribution < 1.29 is 22.7 Å². The normalized spacial score (nSPS) is 18.7. The highest BCUT2D eigenvalue weighted by atomic mass is 19.4. The van der Waals surface area contributed by atoms with Gasteiger partial charge >= 0.3 is 6.18 Å². The van der Waals surface area contributed by atoms with Crippen LogP contribution in [0, 0.1) is 0 Å². The number of hydrogen-bond acceptors (Lipinski definition) is 2. The van der Waals surface area contributed by atoms with Crippen LogP contribution < -0.4 is 5.32 Å². The standard InChI is InChI=1S/C13H22F3NO2/c14-13(15,16)10-19-9-8-12(18)17-11-6-4-2-1-3-5-7-11/h11H,1-10H2,(H,17,18). The Morgan fingerprint density at radius 3 is 2.26 bits per heavy atom. The summed E-state index contributed by atoms with van der Waals surface area (Å²) in [6, 6.07) is 0.176. The first kappa shape index (κ1) is 16.3. The maximum absolute atomic E-state index is 11.8. The van der Waals surface area contributed by atoms with Crippen LogP contribution in [-0.2, 0) is 9.53 Å². The lowest BCUT2D eigenvalue weighted by Gasteiger charge is -2.21. The number of ether oxygens (including phenoxy) is 1. The summed E-state index contributed by atoms with van der Waals surface area (Å²) in [5.74, 6) is -0.215. The first-order valence-electron chi connectivity index (χ1n) is 6.91. The van der Waals surface area contributed by atoms with Crippen molar-refractivity contribution in [2.45, 2.75) is 63.6 Å². The van der Waals surface area contributed by atoms with Crippen LogP contribution in [0.1, 0.15) is 51.4 Å². The van der Waals surface area contributed by atoms with Crippen molar-refractivity contribution >= 4 is 5.91 Å². The van der Waals surface area contributed by atoms with Gasteiger partial charge in [-0.2, -0.15) is 13.2 Å². The van der Waals surface area contributed by atoms with Crippen LogP contribution in [0.15, 0.2) is 0 Å². The number of carbonyl (C=O) groups excluding carboxylic acids is 1. The van der Waals surface area contributed by atoms with E-state index in [1.807, 2.05) is 0 Å². The van der Waals surface area contributed by atoms with Gasteiger partial charge in [-0.05, 0) is 12.8 Å². The zero-order valence-electron chi connectivity index (χ0n) is 11.1. The predicted octanol–water partition coefficient (Wildman–Crippen LogP) is 3.18. The van der Waals surface area contributed by atoms with Crippen molar-refractivity contribution in [2.75, 3.05) is 13.2 Å². The molecule has 0 saturated heterocycles. The molecule has 1 saturated carbocycles. The van der Waals surface area contributed by atoms with Gasteiger partial charge in [0.15, 0.2) is 0 Å². The predicted molar refractivity (Wildman–Crippen MR) is 65.7 cm³/mol. The van der Waals surface area contributed by atoms with E-state index in [2.05, 4.69) is 10.1 Å². The fourth-order valence-corrected chi connectivity index (χ4v) is 2.25. The number of amides is 1. The van der Waals surface area contributed by atoms with Crippen LogP contribution in [0.4, 0.5) is 13.2 Å². The largest absolute Gasteiger partial charge is 0.411 e. The Hall–Kier alpha value is -0.780. The van der Waals surface area contributed by atoms with Gasteiger partial charge in [-0.25, -0.2) is 0 Å². The Morgan fingerprint density at radius 2 is 1.68 bits per heavy atom. The number of alkyl halides is 3. The highest BCUT2D eigenvalue weighted by molar-refractivity contribution is 5.76. The molecule has 0 spiro atoms. The van der Waals surface area contributed by atoms with Crippen molar-refractivity contribution in [2.24, 2.45) is 0 Å². The van der Waals surface area contributed by atoms with E-state index in [1.165, 1.54) is 19.3 Å². The minimum atomic E-state index is -4.32. The van der Waals surface area contributed by atoms with Gasteiger partial charge in [0.05, 0.1) is 6.61 Å². The van der Waals surface area contributed by atoms with Gasteiger partial charge in [-0.15, -0.1) is 0 Å². The number of carbonyl (C=O) groups is 1. The molecule has 1 N–H and O–H groups in total. The van der Waals surface area contributed by atoms with Crippen molar-refractivity contribution in [1.82, 2.24) is 5.32 Å². The van der Waals surface area contributed by atoms with Gasteiger partial charge in [0.2, 0.25) is 5.91 Å². The Kier molecular flexibility index (Phi) is 7.20. The Morgan fingerprint density at radius 1 is 1.11 bits per heavy atom. The molecule has 1 aliphatic carbocycles. The van der Waals surface area contributed by atoms with E-state index in [1.54, 1.807) is 0 Å². The first-order valence-corrected chi connectivity index (χ1v) is 6.91. The Balaban J connectivity index is 2.12. The molecule has 1 aliphatic rings. The molecule has 19 heavy (non-hydrogen) atoms. The second kappa shape index (κ2) is 8.40. The third kappa shape index (κ3) is 8.86. The molecule has 0 aromatic heterocycles. The molecular weight excluding hydrogens is 259 g/mol. The molecule has 6 heteroatoms.